The number of fused-ring (bicyclic) bond motifs is 1. The highest BCUT2D eigenvalue weighted by molar-refractivity contribution is 6.33. The lowest BCUT2D eigenvalue weighted by atomic mass is 9.84. The lowest BCUT2D eigenvalue weighted by Crippen LogP contribution is -2.53. The highest BCUT2D eigenvalue weighted by Crippen LogP contribution is 2.49. The fourth-order valence-electron chi connectivity index (χ4n) is 5.38. The number of hydrogen-bond donors (Lipinski definition) is 2. The third-order valence-corrected chi connectivity index (χ3v) is 7.27. The van der Waals surface area contributed by atoms with Gasteiger partial charge in [-0.05, 0) is 25.8 Å². The van der Waals surface area contributed by atoms with Crippen molar-refractivity contribution in [3.63, 3.8) is 0 Å². The Bertz CT molecular complexity index is 1100. The van der Waals surface area contributed by atoms with Crippen molar-refractivity contribution < 1.29 is 36.2 Å². The Morgan fingerprint density at radius 1 is 1.14 bits per heavy atom. The zero-order valence-corrected chi connectivity index (χ0v) is 20.1. The van der Waals surface area contributed by atoms with Crippen molar-refractivity contribution in [2.45, 2.75) is 50.9 Å². The van der Waals surface area contributed by atoms with Crippen LogP contribution in [-0.4, -0.2) is 63.3 Å². The summed E-state index contributed by atoms with van der Waals surface area (Å²) < 4.78 is 82.8. The SMILES string of the molecule is CC(C)n1cc(CN2CC3C(C(=O)O)NC(C(C(F)(F)F)C(F)(F)F)C3C2)c(-c2ccccc2Cl)n1. The Morgan fingerprint density at radius 2 is 1.75 bits per heavy atom. The van der Waals surface area contributed by atoms with Gasteiger partial charge in [0.05, 0.1) is 10.7 Å². The molecule has 4 rings (SSSR count). The van der Waals surface area contributed by atoms with E-state index in [9.17, 15) is 36.2 Å². The van der Waals surface area contributed by atoms with E-state index in [-0.39, 0.29) is 25.7 Å². The summed E-state index contributed by atoms with van der Waals surface area (Å²) in [6.45, 7) is 3.90. The molecular formula is C23H25ClF6N4O2. The molecule has 1 aromatic heterocycles. The number of carbonyl (C=O) groups is 1. The molecule has 1 aromatic carbocycles. The van der Waals surface area contributed by atoms with E-state index in [0.29, 0.717) is 21.8 Å². The van der Waals surface area contributed by atoms with Gasteiger partial charge in [-0.2, -0.15) is 31.4 Å². The maximum atomic E-state index is 13.5. The second-order valence-corrected chi connectivity index (χ2v) is 10.1. The van der Waals surface area contributed by atoms with E-state index in [1.807, 2.05) is 13.8 Å². The molecule has 0 saturated carbocycles. The van der Waals surface area contributed by atoms with Crippen LogP contribution >= 0.6 is 11.6 Å². The molecule has 36 heavy (non-hydrogen) atoms. The van der Waals surface area contributed by atoms with Crippen molar-refractivity contribution in [1.29, 1.82) is 0 Å². The van der Waals surface area contributed by atoms with E-state index in [0.717, 1.165) is 0 Å². The molecule has 0 radical (unpaired) electrons. The van der Waals surface area contributed by atoms with Crippen LogP contribution in [0, 0.1) is 17.8 Å². The number of likely N-dealkylation sites (tertiary alicyclic amines) is 1. The molecule has 4 atom stereocenters. The van der Waals surface area contributed by atoms with Crippen LogP contribution in [0.4, 0.5) is 26.3 Å². The lowest BCUT2D eigenvalue weighted by Gasteiger charge is -2.32. The Hall–Kier alpha value is -2.31. The first-order chi connectivity index (χ1) is 16.7. The first-order valence-electron chi connectivity index (χ1n) is 11.4. The molecule has 0 aliphatic carbocycles. The average Bonchev–Trinajstić information content (AvgIpc) is 3.41. The minimum absolute atomic E-state index is 0.0118. The molecule has 2 N–H and O–H groups in total. The first-order valence-corrected chi connectivity index (χ1v) is 11.7. The van der Waals surface area contributed by atoms with E-state index in [1.54, 1.807) is 40.0 Å². The number of aromatic nitrogens is 2. The molecule has 0 bridgehead atoms. The predicted molar refractivity (Wildman–Crippen MR) is 119 cm³/mol. The van der Waals surface area contributed by atoms with Gasteiger partial charge in [0.1, 0.15) is 6.04 Å². The fraction of sp³-hybridized carbons (Fsp3) is 0.565. The zero-order valence-electron chi connectivity index (χ0n) is 19.3. The Labute approximate surface area is 208 Å². The highest BCUT2D eigenvalue weighted by Gasteiger charge is 2.66. The van der Waals surface area contributed by atoms with Gasteiger partial charge in [-0.25, -0.2) is 0 Å². The van der Waals surface area contributed by atoms with Crippen LogP contribution in [0.3, 0.4) is 0 Å². The summed E-state index contributed by atoms with van der Waals surface area (Å²) >= 11 is 6.36. The number of nitrogens with one attached hydrogen (secondary N) is 1. The van der Waals surface area contributed by atoms with E-state index in [4.69, 9.17) is 11.6 Å². The van der Waals surface area contributed by atoms with Crippen molar-refractivity contribution in [2.75, 3.05) is 13.1 Å². The number of alkyl halides is 6. The molecule has 3 heterocycles. The van der Waals surface area contributed by atoms with Crippen LogP contribution in [0.5, 0.6) is 0 Å². The monoisotopic (exact) mass is 538 g/mol. The van der Waals surface area contributed by atoms with Gasteiger partial charge in [-0.15, -0.1) is 0 Å². The quantitative estimate of drug-likeness (QED) is 0.507. The number of carboxylic acid groups (broad SMARTS) is 1. The van der Waals surface area contributed by atoms with Crippen molar-refractivity contribution in [1.82, 2.24) is 20.0 Å². The number of carboxylic acids is 1. The molecule has 0 spiro atoms. The third kappa shape index (κ3) is 5.08. The van der Waals surface area contributed by atoms with Gasteiger partial charge in [0.25, 0.3) is 0 Å². The normalized spacial score (nSPS) is 25.2. The maximum Gasteiger partial charge on any atom is 0.402 e. The molecule has 2 aliphatic rings. The summed E-state index contributed by atoms with van der Waals surface area (Å²) in [4.78, 5) is 13.5. The lowest BCUT2D eigenvalue weighted by molar-refractivity contribution is -0.293. The molecule has 13 heteroatoms. The van der Waals surface area contributed by atoms with Crippen molar-refractivity contribution in [3.8, 4) is 11.3 Å². The van der Waals surface area contributed by atoms with Gasteiger partial charge >= 0.3 is 18.3 Å². The smallest absolute Gasteiger partial charge is 0.402 e. The molecular weight excluding hydrogens is 514 g/mol. The van der Waals surface area contributed by atoms with E-state index < -0.39 is 48.2 Å². The second kappa shape index (κ2) is 9.53. The summed E-state index contributed by atoms with van der Waals surface area (Å²) in [5.74, 6) is -7.20. The molecule has 4 unspecified atom stereocenters. The van der Waals surface area contributed by atoms with Crippen LogP contribution in [0.1, 0.15) is 25.5 Å². The Balaban J connectivity index is 1.65. The number of nitrogens with zero attached hydrogens (tertiary/aromatic N) is 3. The Kier molecular flexibility index (Phi) is 7.08. The molecule has 6 nitrogen and oxygen atoms in total. The topological polar surface area (TPSA) is 70.4 Å². The first kappa shape index (κ1) is 26.7. The van der Waals surface area contributed by atoms with Gasteiger partial charge in [0.15, 0.2) is 5.92 Å². The van der Waals surface area contributed by atoms with Gasteiger partial charge < -0.3 is 10.4 Å². The van der Waals surface area contributed by atoms with Gasteiger partial charge in [-0.3, -0.25) is 14.4 Å². The van der Waals surface area contributed by atoms with Crippen LogP contribution < -0.4 is 5.32 Å². The van der Waals surface area contributed by atoms with E-state index in [1.165, 1.54) is 0 Å². The van der Waals surface area contributed by atoms with Crippen LogP contribution in [0.15, 0.2) is 30.5 Å². The summed E-state index contributed by atoms with van der Waals surface area (Å²) in [6, 6.07) is 3.38. The largest absolute Gasteiger partial charge is 0.480 e. The standard InChI is InChI=1S/C23H25ClF6N4O2/c1-11(2)34-8-12(17(32-34)13-5-3-4-6-16(13)24)7-33-9-14-15(10-33)19(21(35)36)31-18(14)20(22(25,26)27)23(28,29)30/h3-6,8,11,14-15,18-20,31H,7,9-10H2,1-2H3,(H,35,36). The van der Waals surface area contributed by atoms with Crippen molar-refractivity contribution in [3.05, 3.63) is 41.0 Å². The molecule has 0 amide bonds. The number of halogens is 7. The van der Waals surface area contributed by atoms with Crippen LogP contribution in [0.2, 0.25) is 5.02 Å². The zero-order chi connectivity index (χ0) is 26.6. The molecule has 198 valence electrons. The maximum absolute atomic E-state index is 13.5. The number of benzene rings is 1. The minimum Gasteiger partial charge on any atom is -0.480 e. The molecule has 2 aliphatic heterocycles. The second-order valence-electron chi connectivity index (χ2n) is 9.65. The predicted octanol–water partition coefficient (Wildman–Crippen LogP) is 5.00. The molecule has 2 fully saturated rings. The van der Waals surface area contributed by atoms with Gasteiger partial charge in [0.2, 0.25) is 0 Å². The number of aliphatic carboxylic acids is 1. The average molecular weight is 539 g/mol. The third-order valence-electron chi connectivity index (χ3n) is 6.94. The van der Waals surface area contributed by atoms with Crippen LogP contribution in [-0.2, 0) is 11.3 Å². The molecule has 2 aromatic rings. The fourth-order valence-corrected chi connectivity index (χ4v) is 5.60. The van der Waals surface area contributed by atoms with E-state index in [2.05, 4.69) is 10.4 Å². The highest BCUT2D eigenvalue weighted by atomic mass is 35.5. The van der Waals surface area contributed by atoms with Crippen molar-refractivity contribution in [2.24, 2.45) is 17.8 Å². The number of hydrogen-bond acceptors (Lipinski definition) is 4. The summed E-state index contributed by atoms with van der Waals surface area (Å²) in [5, 5.41) is 16.8. The number of rotatable bonds is 6. The molecule has 2 saturated heterocycles. The van der Waals surface area contributed by atoms with Gasteiger partial charge in [0, 0.05) is 55.0 Å². The summed E-state index contributed by atoms with van der Waals surface area (Å²) in [5.41, 5.74) is 1.89. The van der Waals surface area contributed by atoms with E-state index >= 15 is 0 Å². The summed E-state index contributed by atoms with van der Waals surface area (Å²) in [7, 11) is 0. The Morgan fingerprint density at radius 3 is 2.31 bits per heavy atom. The summed E-state index contributed by atoms with van der Waals surface area (Å²) in [6.07, 6.45) is -9.37. The van der Waals surface area contributed by atoms with Crippen molar-refractivity contribution >= 4 is 17.6 Å². The van der Waals surface area contributed by atoms with Crippen LogP contribution in [0.25, 0.3) is 11.3 Å². The van der Waals surface area contributed by atoms with Gasteiger partial charge in [-0.1, -0.05) is 29.8 Å². The minimum atomic E-state index is -5.57.